The molecule has 0 unspecified atom stereocenters. The Bertz CT molecular complexity index is 334. The Morgan fingerprint density at radius 3 is 2.58 bits per heavy atom. The van der Waals surface area contributed by atoms with Gasteiger partial charge in [0.15, 0.2) is 5.78 Å². The largest absolute Gasteiger partial charge is 0.294 e. The number of carbonyl (C=O) groups excluding carboxylic acids is 1. The predicted molar refractivity (Wildman–Crippen MR) is 46.2 cm³/mol. The van der Waals surface area contributed by atoms with Gasteiger partial charge in [-0.3, -0.25) is 4.79 Å². The molecule has 0 aliphatic heterocycles. The molecule has 0 radical (unpaired) electrons. The zero-order valence-corrected chi connectivity index (χ0v) is 7.57. The van der Waals surface area contributed by atoms with Crippen molar-refractivity contribution < 1.29 is 9.18 Å². The molecule has 0 aliphatic rings. The zero-order valence-electron chi connectivity index (χ0n) is 6.82. The number of ketones is 1. The van der Waals surface area contributed by atoms with Gasteiger partial charge in [-0.05, 0) is 31.5 Å². The van der Waals surface area contributed by atoms with Crippen molar-refractivity contribution in [2.45, 2.75) is 13.8 Å². The second kappa shape index (κ2) is 3.23. The number of Topliss-reactive ketones (excluding diaryl/α,β-unsaturated/α-hetero) is 1. The lowest BCUT2D eigenvalue weighted by Gasteiger charge is -2.03. The van der Waals surface area contributed by atoms with E-state index in [-0.39, 0.29) is 10.8 Å². The summed E-state index contributed by atoms with van der Waals surface area (Å²) in [5.74, 6) is -0.660. The molecular formula is C9H8ClFO. The van der Waals surface area contributed by atoms with Gasteiger partial charge < -0.3 is 0 Å². The van der Waals surface area contributed by atoms with Gasteiger partial charge in [0.05, 0.1) is 5.02 Å². The second-order valence-electron chi connectivity index (χ2n) is 2.59. The van der Waals surface area contributed by atoms with Crippen molar-refractivity contribution >= 4 is 17.4 Å². The number of rotatable bonds is 1. The van der Waals surface area contributed by atoms with Crippen LogP contribution in [0.1, 0.15) is 22.8 Å². The molecule has 0 saturated carbocycles. The van der Waals surface area contributed by atoms with Crippen molar-refractivity contribution in [1.82, 2.24) is 0 Å². The Kier molecular flexibility index (Phi) is 2.48. The normalized spacial score (nSPS) is 10.0. The molecule has 3 heteroatoms. The summed E-state index contributed by atoms with van der Waals surface area (Å²) in [7, 11) is 0. The van der Waals surface area contributed by atoms with Gasteiger partial charge in [-0.15, -0.1) is 0 Å². The smallest absolute Gasteiger partial charge is 0.160 e. The van der Waals surface area contributed by atoms with Crippen molar-refractivity contribution in [3.05, 3.63) is 34.1 Å². The lowest BCUT2D eigenvalue weighted by molar-refractivity contribution is 0.101. The molecule has 0 saturated heterocycles. The van der Waals surface area contributed by atoms with Gasteiger partial charge in [0.2, 0.25) is 0 Å². The van der Waals surface area contributed by atoms with E-state index >= 15 is 0 Å². The van der Waals surface area contributed by atoms with Crippen molar-refractivity contribution in [2.24, 2.45) is 0 Å². The number of carbonyl (C=O) groups is 1. The molecule has 12 heavy (non-hydrogen) atoms. The van der Waals surface area contributed by atoms with Crippen LogP contribution in [0, 0.1) is 12.7 Å². The monoisotopic (exact) mass is 186 g/mol. The third-order valence-electron chi connectivity index (χ3n) is 1.72. The number of hydrogen-bond acceptors (Lipinski definition) is 1. The highest BCUT2D eigenvalue weighted by Gasteiger charge is 2.10. The maximum atomic E-state index is 13.1. The number of benzene rings is 1. The highest BCUT2D eigenvalue weighted by molar-refractivity contribution is 6.30. The Labute approximate surface area is 75.2 Å². The zero-order chi connectivity index (χ0) is 9.30. The van der Waals surface area contributed by atoms with Gasteiger partial charge in [0, 0.05) is 5.56 Å². The third-order valence-corrected chi connectivity index (χ3v) is 2.01. The first-order valence-electron chi connectivity index (χ1n) is 3.49. The average molecular weight is 187 g/mol. The summed E-state index contributed by atoms with van der Waals surface area (Å²) in [5.41, 5.74) is 0.701. The SMILES string of the molecule is CC(=O)c1ccc(Cl)c(F)c1C. The van der Waals surface area contributed by atoms with Crippen LogP contribution in [0.4, 0.5) is 4.39 Å². The van der Waals surface area contributed by atoms with E-state index in [9.17, 15) is 9.18 Å². The summed E-state index contributed by atoms with van der Waals surface area (Å²) in [6, 6.07) is 2.92. The minimum Gasteiger partial charge on any atom is -0.294 e. The fourth-order valence-corrected chi connectivity index (χ4v) is 1.24. The minimum absolute atomic E-state index is 0.0532. The van der Waals surface area contributed by atoms with Crippen LogP contribution in [0.2, 0.25) is 5.02 Å². The third kappa shape index (κ3) is 1.48. The summed E-state index contributed by atoms with van der Waals surface area (Å²) in [4.78, 5) is 10.9. The summed E-state index contributed by atoms with van der Waals surface area (Å²) in [6.45, 7) is 2.94. The van der Waals surface area contributed by atoms with Crippen LogP contribution in [0.25, 0.3) is 0 Å². The maximum absolute atomic E-state index is 13.1. The molecule has 1 nitrogen and oxygen atoms in total. The highest BCUT2D eigenvalue weighted by Crippen LogP contribution is 2.21. The molecular weight excluding hydrogens is 179 g/mol. The summed E-state index contributed by atoms with van der Waals surface area (Å²) in [5, 5.41) is 0.0532. The lowest BCUT2D eigenvalue weighted by atomic mass is 10.1. The molecule has 0 fully saturated rings. The van der Waals surface area contributed by atoms with E-state index in [1.54, 1.807) is 0 Å². The van der Waals surface area contributed by atoms with Crippen LogP contribution >= 0.6 is 11.6 Å². The molecule has 0 aliphatic carbocycles. The Hall–Kier alpha value is -0.890. The highest BCUT2D eigenvalue weighted by atomic mass is 35.5. The van der Waals surface area contributed by atoms with Crippen LogP contribution in [-0.2, 0) is 0 Å². The molecule has 0 heterocycles. The predicted octanol–water partition coefficient (Wildman–Crippen LogP) is 2.99. The van der Waals surface area contributed by atoms with Crippen molar-refractivity contribution in [3.8, 4) is 0 Å². The maximum Gasteiger partial charge on any atom is 0.160 e. The molecule has 0 N–H and O–H groups in total. The van der Waals surface area contributed by atoms with Crippen LogP contribution in [-0.4, -0.2) is 5.78 Å². The van der Waals surface area contributed by atoms with E-state index in [0.29, 0.717) is 11.1 Å². The Balaban J connectivity index is 3.36. The fourth-order valence-electron chi connectivity index (χ4n) is 1.03. The molecule has 64 valence electrons. The van der Waals surface area contributed by atoms with Gasteiger partial charge in [0.1, 0.15) is 5.82 Å². The van der Waals surface area contributed by atoms with Gasteiger partial charge in [0.25, 0.3) is 0 Å². The van der Waals surface area contributed by atoms with Gasteiger partial charge >= 0.3 is 0 Å². The Morgan fingerprint density at radius 1 is 1.50 bits per heavy atom. The van der Waals surface area contributed by atoms with Crippen molar-refractivity contribution in [2.75, 3.05) is 0 Å². The van der Waals surface area contributed by atoms with Crippen molar-refractivity contribution in [3.63, 3.8) is 0 Å². The van der Waals surface area contributed by atoms with E-state index in [2.05, 4.69) is 0 Å². The van der Waals surface area contributed by atoms with E-state index in [1.165, 1.54) is 26.0 Å². The van der Waals surface area contributed by atoms with Gasteiger partial charge in [-0.2, -0.15) is 0 Å². The molecule has 0 spiro atoms. The first-order valence-corrected chi connectivity index (χ1v) is 3.87. The van der Waals surface area contributed by atoms with Gasteiger partial charge in [-0.1, -0.05) is 11.6 Å². The van der Waals surface area contributed by atoms with Crippen LogP contribution < -0.4 is 0 Å². The first-order chi connectivity index (χ1) is 5.54. The van der Waals surface area contributed by atoms with Crippen LogP contribution in [0.5, 0.6) is 0 Å². The van der Waals surface area contributed by atoms with Crippen LogP contribution in [0.3, 0.4) is 0 Å². The molecule has 0 amide bonds. The summed E-state index contributed by atoms with van der Waals surface area (Å²) < 4.78 is 13.1. The second-order valence-corrected chi connectivity index (χ2v) is 3.00. The number of halogens is 2. The van der Waals surface area contributed by atoms with E-state index in [0.717, 1.165) is 0 Å². The standard InChI is InChI=1S/C9H8ClFO/c1-5-7(6(2)12)3-4-8(10)9(5)11/h3-4H,1-2H3. The van der Waals surface area contributed by atoms with Gasteiger partial charge in [-0.25, -0.2) is 4.39 Å². The molecule has 0 atom stereocenters. The van der Waals surface area contributed by atoms with Crippen LogP contribution in [0.15, 0.2) is 12.1 Å². The molecule has 1 aromatic rings. The lowest BCUT2D eigenvalue weighted by Crippen LogP contribution is -1.98. The van der Waals surface area contributed by atoms with Crippen molar-refractivity contribution in [1.29, 1.82) is 0 Å². The van der Waals surface area contributed by atoms with E-state index < -0.39 is 5.82 Å². The summed E-state index contributed by atoms with van der Waals surface area (Å²) in [6.07, 6.45) is 0. The average Bonchev–Trinajstić information content (AvgIpc) is 2.00. The molecule has 1 aromatic carbocycles. The molecule has 1 rings (SSSR count). The first kappa shape index (κ1) is 9.20. The molecule has 0 aromatic heterocycles. The molecule has 0 bridgehead atoms. The van der Waals surface area contributed by atoms with E-state index in [4.69, 9.17) is 11.6 Å². The quantitative estimate of drug-likeness (QED) is 0.617. The number of hydrogen-bond donors (Lipinski definition) is 0. The minimum atomic E-state index is -0.510. The fraction of sp³-hybridized carbons (Fsp3) is 0.222. The summed E-state index contributed by atoms with van der Waals surface area (Å²) >= 11 is 5.50. The van der Waals surface area contributed by atoms with E-state index in [1.807, 2.05) is 0 Å². The topological polar surface area (TPSA) is 17.1 Å². The Morgan fingerprint density at radius 2 is 2.08 bits per heavy atom.